The van der Waals surface area contributed by atoms with E-state index >= 15 is 0 Å². The van der Waals surface area contributed by atoms with Gasteiger partial charge in [-0.05, 0) is 43.5 Å². The lowest BCUT2D eigenvalue weighted by molar-refractivity contribution is 0.282. The van der Waals surface area contributed by atoms with Crippen molar-refractivity contribution in [2.75, 3.05) is 5.32 Å². The quantitative estimate of drug-likeness (QED) is 0.866. The number of nitrogens with one attached hydrogen (secondary N) is 1. The molecule has 0 aliphatic heterocycles. The number of hydrogen-bond acceptors (Lipinski definition) is 2. The number of anilines is 1. The van der Waals surface area contributed by atoms with E-state index in [1.54, 1.807) is 0 Å². The Balaban J connectivity index is 2.20. The second-order valence-corrected chi connectivity index (χ2v) is 5.02. The van der Waals surface area contributed by atoms with Crippen LogP contribution in [0.4, 0.5) is 5.69 Å². The number of aliphatic hydroxyl groups excluding tert-OH is 1. The SMILES string of the molecule is Cc1ccc(C(C)Nc2ccccc2CO)cc1C. The molecule has 0 heterocycles. The van der Waals surface area contributed by atoms with E-state index in [4.69, 9.17) is 0 Å². The van der Waals surface area contributed by atoms with Crippen LogP contribution in [0.5, 0.6) is 0 Å². The standard InChI is InChI=1S/C17H21NO/c1-12-8-9-15(10-13(12)2)14(3)18-17-7-5-4-6-16(17)11-19/h4-10,14,18-19H,11H2,1-3H3. The minimum Gasteiger partial charge on any atom is -0.392 e. The fourth-order valence-corrected chi connectivity index (χ4v) is 2.15. The molecule has 0 saturated heterocycles. The average molecular weight is 255 g/mol. The summed E-state index contributed by atoms with van der Waals surface area (Å²) in [6.45, 7) is 6.45. The monoisotopic (exact) mass is 255 g/mol. The fourth-order valence-electron chi connectivity index (χ4n) is 2.15. The predicted octanol–water partition coefficient (Wildman–Crippen LogP) is 3.97. The lowest BCUT2D eigenvalue weighted by atomic mass is 10.0. The predicted molar refractivity (Wildman–Crippen MR) is 80.3 cm³/mol. The number of para-hydroxylation sites is 1. The Labute approximate surface area is 115 Å². The van der Waals surface area contributed by atoms with Crippen molar-refractivity contribution in [2.24, 2.45) is 0 Å². The van der Waals surface area contributed by atoms with E-state index < -0.39 is 0 Å². The van der Waals surface area contributed by atoms with Crippen LogP contribution in [0.2, 0.25) is 0 Å². The van der Waals surface area contributed by atoms with Crippen LogP contribution in [-0.4, -0.2) is 5.11 Å². The van der Waals surface area contributed by atoms with Crippen LogP contribution in [0.25, 0.3) is 0 Å². The van der Waals surface area contributed by atoms with E-state index in [9.17, 15) is 5.11 Å². The molecule has 1 atom stereocenters. The minimum atomic E-state index is 0.0584. The zero-order valence-corrected chi connectivity index (χ0v) is 11.8. The van der Waals surface area contributed by atoms with Gasteiger partial charge in [0.2, 0.25) is 0 Å². The van der Waals surface area contributed by atoms with Crippen LogP contribution in [0.3, 0.4) is 0 Å². The number of hydrogen-bond donors (Lipinski definition) is 2. The summed E-state index contributed by atoms with van der Waals surface area (Å²) in [6.07, 6.45) is 0. The molecule has 0 aliphatic rings. The van der Waals surface area contributed by atoms with Crippen molar-refractivity contribution in [2.45, 2.75) is 33.4 Å². The molecular formula is C17H21NO. The molecule has 2 aromatic carbocycles. The van der Waals surface area contributed by atoms with Crippen molar-refractivity contribution in [3.63, 3.8) is 0 Å². The van der Waals surface area contributed by atoms with Crippen molar-refractivity contribution in [1.82, 2.24) is 0 Å². The molecule has 0 bridgehead atoms. The Kier molecular flexibility index (Phi) is 4.23. The van der Waals surface area contributed by atoms with Crippen LogP contribution >= 0.6 is 0 Å². The van der Waals surface area contributed by atoms with E-state index in [0.717, 1.165) is 11.3 Å². The van der Waals surface area contributed by atoms with Gasteiger partial charge in [-0.25, -0.2) is 0 Å². The molecule has 0 radical (unpaired) electrons. The molecule has 2 heteroatoms. The Morgan fingerprint density at radius 1 is 1.05 bits per heavy atom. The van der Waals surface area contributed by atoms with E-state index in [0.29, 0.717) is 0 Å². The third-order valence-electron chi connectivity index (χ3n) is 3.59. The number of aliphatic hydroxyl groups is 1. The molecular weight excluding hydrogens is 234 g/mol. The highest BCUT2D eigenvalue weighted by Gasteiger charge is 2.08. The molecule has 19 heavy (non-hydrogen) atoms. The molecule has 2 N–H and O–H groups in total. The molecule has 2 rings (SSSR count). The second-order valence-electron chi connectivity index (χ2n) is 5.02. The van der Waals surface area contributed by atoms with Crippen molar-refractivity contribution in [3.05, 3.63) is 64.7 Å². The van der Waals surface area contributed by atoms with Gasteiger partial charge < -0.3 is 10.4 Å². The maximum Gasteiger partial charge on any atom is 0.0701 e. The first-order valence-electron chi connectivity index (χ1n) is 6.64. The average Bonchev–Trinajstić information content (AvgIpc) is 2.42. The van der Waals surface area contributed by atoms with Crippen LogP contribution in [0.15, 0.2) is 42.5 Å². The van der Waals surface area contributed by atoms with Gasteiger partial charge in [0.25, 0.3) is 0 Å². The number of aryl methyl sites for hydroxylation is 2. The Bertz CT molecular complexity index is 563. The van der Waals surface area contributed by atoms with Gasteiger partial charge >= 0.3 is 0 Å². The molecule has 0 spiro atoms. The summed E-state index contributed by atoms with van der Waals surface area (Å²) in [7, 11) is 0. The molecule has 2 aromatic rings. The van der Waals surface area contributed by atoms with Gasteiger partial charge in [0.1, 0.15) is 0 Å². The Morgan fingerprint density at radius 3 is 2.47 bits per heavy atom. The van der Waals surface area contributed by atoms with E-state index in [1.807, 2.05) is 24.3 Å². The Hall–Kier alpha value is -1.80. The maximum absolute atomic E-state index is 9.34. The summed E-state index contributed by atoms with van der Waals surface area (Å²) in [4.78, 5) is 0. The normalized spacial score (nSPS) is 12.2. The number of benzene rings is 2. The summed E-state index contributed by atoms with van der Waals surface area (Å²) in [5.74, 6) is 0. The summed E-state index contributed by atoms with van der Waals surface area (Å²) in [5.41, 5.74) is 5.80. The molecule has 1 unspecified atom stereocenters. The van der Waals surface area contributed by atoms with Gasteiger partial charge in [-0.15, -0.1) is 0 Å². The second kappa shape index (κ2) is 5.89. The third kappa shape index (κ3) is 3.15. The summed E-state index contributed by atoms with van der Waals surface area (Å²) < 4.78 is 0. The van der Waals surface area contributed by atoms with Crippen molar-refractivity contribution in [3.8, 4) is 0 Å². The lowest BCUT2D eigenvalue weighted by Crippen LogP contribution is -2.08. The molecule has 0 saturated carbocycles. The van der Waals surface area contributed by atoms with Crippen molar-refractivity contribution >= 4 is 5.69 Å². The van der Waals surface area contributed by atoms with Crippen molar-refractivity contribution < 1.29 is 5.11 Å². The first kappa shape index (κ1) is 13.6. The molecule has 0 fully saturated rings. The van der Waals surface area contributed by atoms with E-state index in [1.165, 1.54) is 16.7 Å². The zero-order valence-electron chi connectivity index (χ0n) is 11.8. The first-order chi connectivity index (χ1) is 9.11. The summed E-state index contributed by atoms with van der Waals surface area (Å²) in [6, 6.07) is 14.6. The van der Waals surface area contributed by atoms with Crippen LogP contribution in [0.1, 0.15) is 35.2 Å². The Morgan fingerprint density at radius 2 is 1.79 bits per heavy atom. The largest absolute Gasteiger partial charge is 0.392 e. The first-order valence-corrected chi connectivity index (χ1v) is 6.64. The number of rotatable bonds is 4. The van der Waals surface area contributed by atoms with Gasteiger partial charge in [0.05, 0.1) is 6.61 Å². The van der Waals surface area contributed by atoms with Gasteiger partial charge in [0, 0.05) is 17.3 Å². The third-order valence-corrected chi connectivity index (χ3v) is 3.59. The molecule has 100 valence electrons. The van der Waals surface area contributed by atoms with Crippen LogP contribution in [-0.2, 0) is 6.61 Å². The topological polar surface area (TPSA) is 32.3 Å². The van der Waals surface area contributed by atoms with Gasteiger partial charge in [-0.3, -0.25) is 0 Å². The smallest absolute Gasteiger partial charge is 0.0701 e. The molecule has 2 nitrogen and oxygen atoms in total. The van der Waals surface area contributed by atoms with Gasteiger partial charge in [-0.2, -0.15) is 0 Å². The van der Waals surface area contributed by atoms with Gasteiger partial charge in [0.15, 0.2) is 0 Å². The molecule has 0 amide bonds. The zero-order chi connectivity index (χ0) is 13.8. The van der Waals surface area contributed by atoms with Crippen LogP contribution < -0.4 is 5.32 Å². The lowest BCUT2D eigenvalue weighted by Gasteiger charge is -2.18. The summed E-state index contributed by atoms with van der Waals surface area (Å²) >= 11 is 0. The van der Waals surface area contributed by atoms with Gasteiger partial charge in [-0.1, -0.05) is 36.4 Å². The molecule has 0 aromatic heterocycles. The van der Waals surface area contributed by atoms with Crippen LogP contribution in [0, 0.1) is 13.8 Å². The molecule has 0 aliphatic carbocycles. The highest BCUT2D eigenvalue weighted by atomic mass is 16.3. The highest BCUT2D eigenvalue weighted by molar-refractivity contribution is 5.52. The fraction of sp³-hybridized carbons (Fsp3) is 0.294. The maximum atomic E-state index is 9.34. The van der Waals surface area contributed by atoms with Crippen molar-refractivity contribution in [1.29, 1.82) is 0 Å². The summed E-state index contributed by atoms with van der Waals surface area (Å²) in [5, 5.41) is 12.8. The minimum absolute atomic E-state index is 0.0584. The van der Waals surface area contributed by atoms with E-state index in [2.05, 4.69) is 44.3 Å². The highest BCUT2D eigenvalue weighted by Crippen LogP contribution is 2.23. The van der Waals surface area contributed by atoms with E-state index in [-0.39, 0.29) is 12.6 Å².